The van der Waals surface area contributed by atoms with E-state index in [-0.39, 0.29) is 0 Å². The molecule has 2 aromatic carbocycles. The molecule has 4 heteroatoms. The van der Waals surface area contributed by atoms with Gasteiger partial charge in [0, 0.05) is 5.33 Å². The molecule has 0 heterocycles. The van der Waals surface area contributed by atoms with Crippen molar-refractivity contribution in [1.29, 1.82) is 0 Å². The Kier molecular flexibility index (Phi) is 4.31. The van der Waals surface area contributed by atoms with Crippen LogP contribution in [0.25, 0.3) is 11.1 Å². The molecule has 0 unspecified atom stereocenters. The zero-order valence-corrected chi connectivity index (χ0v) is 11.1. The highest BCUT2D eigenvalue weighted by Gasteiger charge is 2.04. The van der Waals surface area contributed by atoms with Crippen LogP contribution in [0.3, 0.4) is 0 Å². The first-order valence-electron chi connectivity index (χ1n) is 5.45. The van der Waals surface area contributed by atoms with Crippen LogP contribution in [0, 0.1) is 11.6 Å². The van der Waals surface area contributed by atoms with E-state index in [0.717, 1.165) is 22.7 Å². The maximum atomic E-state index is 13.1. The molecule has 0 aliphatic heterocycles. The Balaban J connectivity index is 2.20. The molecule has 0 saturated heterocycles. The van der Waals surface area contributed by atoms with Crippen LogP contribution in [0.2, 0.25) is 0 Å². The zero-order valence-electron chi connectivity index (χ0n) is 9.50. The summed E-state index contributed by atoms with van der Waals surface area (Å²) in [4.78, 5) is 0. The van der Waals surface area contributed by atoms with Crippen LogP contribution < -0.4 is 4.74 Å². The molecule has 1 nitrogen and oxygen atoms in total. The van der Waals surface area contributed by atoms with Gasteiger partial charge in [-0.15, -0.1) is 0 Å². The molecule has 0 aliphatic rings. The number of benzene rings is 2. The molecule has 2 rings (SSSR count). The standard InChI is InChI=1S/C14H11BrF2O/c15-7-8-18-12-4-1-10(2-5-12)11-3-6-13(16)14(17)9-11/h1-6,9H,7-8H2. The summed E-state index contributed by atoms with van der Waals surface area (Å²) < 4.78 is 31.3. The lowest BCUT2D eigenvalue weighted by Crippen LogP contribution is -1.97. The average Bonchev–Trinajstić information content (AvgIpc) is 2.40. The Morgan fingerprint density at radius 1 is 0.889 bits per heavy atom. The van der Waals surface area contributed by atoms with Crippen molar-refractivity contribution in [3.05, 3.63) is 54.1 Å². The largest absolute Gasteiger partial charge is 0.493 e. The Hall–Kier alpha value is -1.42. The van der Waals surface area contributed by atoms with Gasteiger partial charge in [-0.1, -0.05) is 34.1 Å². The van der Waals surface area contributed by atoms with E-state index in [9.17, 15) is 8.78 Å². The van der Waals surface area contributed by atoms with E-state index in [1.165, 1.54) is 6.07 Å². The van der Waals surface area contributed by atoms with Crippen LogP contribution in [0.4, 0.5) is 8.78 Å². The molecule has 0 aromatic heterocycles. The van der Waals surface area contributed by atoms with Gasteiger partial charge < -0.3 is 4.74 Å². The number of hydrogen-bond acceptors (Lipinski definition) is 1. The van der Waals surface area contributed by atoms with E-state index < -0.39 is 11.6 Å². The molecule has 0 fully saturated rings. The molecule has 0 bridgehead atoms. The van der Waals surface area contributed by atoms with Gasteiger partial charge in [-0.2, -0.15) is 0 Å². The highest BCUT2D eigenvalue weighted by Crippen LogP contribution is 2.24. The maximum Gasteiger partial charge on any atom is 0.159 e. The lowest BCUT2D eigenvalue weighted by molar-refractivity contribution is 0.345. The fourth-order valence-corrected chi connectivity index (χ4v) is 1.74. The molecule has 0 aliphatic carbocycles. The van der Waals surface area contributed by atoms with E-state index in [4.69, 9.17) is 4.74 Å². The second kappa shape index (κ2) is 5.96. The van der Waals surface area contributed by atoms with Gasteiger partial charge in [0.25, 0.3) is 0 Å². The molecule has 2 aromatic rings. The third kappa shape index (κ3) is 3.07. The van der Waals surface area contributed by atoms with Crippen molar-refractivity contribution in [2.45, 2.75) is 0 Å². The topological polar surface area (TPSA) is 9.23 Å². The van der Waals surface area contributed by atoms with Gasteiger partial charge in [0.05, 0.1) is 6.61 Å². The highest BCUT2D eigenvalue weighted by atomic mass is 79.9. The summed E-state index contributed by atoms with van der Waals surface area (Å²) in [5.41, 5.74) is 1.46. The molecule has 18 heavy (non-hydrogen) atoms. The average molecular weight is 313 g/mol. The summed E-state index contributed by atoms with van der Waals surface area (Å²) in [7, 11) is 0. The van der Waals surface area contributed by atoms with E-state index in [1.54, 1.807) is 18.2 Å². The van der Waals surface area contributed by atoms with Crippen molar-refractivity contribution in [2.24, 2.45) is 0 Å². The van der Waals surface area contributed by atoms with Crippen LogP contribution in [-0.2, 0) is 0 Å². The minimum atomic E-state index is -0.841. The minimum absolute atomic E-state index is 0.588. The van der Waals surface area contributed by atoms with E-state index in [2.05, 4.69) is 15.9 Å². The third-order valence-electron chi connectivity index (χ3n) is 2.45. The molecule has 0 amide bonds. The van der Waals surface area contributed by atoms with Crippen LogP contribution >= 0.6 is 15.9 Å². The van der Waals surface area contributed by atoms with E-state index in [1.807, 2.05) is 12.1 Å². The number of hydrogen-bond donors (Lipinski definition) is 0. The number of alkyl halides is 1. The maximum absolute atomic E-state index is 13.1. The van der Waals surface area contributed by atoms with Gasteiger partial charge in [0.15, 0.2) is 11.6 Å². The molecule has 0 spiro atoms. The van der Waals surface area contributed by atoms with Crippen molar-refractivity contribution in [3.8, 4) is 16.9 Å². The van der Waals surface area contributed by atoms with E-state index >= 15 is 0 Å². The van der Waals surface area contributed by atoms with Gasteiger partial charge in [0.1, 0.15) is 5.75 Å². The smallest absolute Gasteiger partial charge is 0.159 e. The predicted molar refractivity (Wildman–Crippen MR) is 71.1 cm³/mol. The van der Waals surface area contributed by atoms with Crippen LogP contribution in [-0.4, -0.2) is 11.9 Å². The fraction of sp³-hybridized carbons (Fsp3) is 0.143. The normalized spacial score (nSPS) is 10.4. The van der Waals surface area contributed by atoms with Gasteiger partial charge in [0.2, 0.25) is 0 Å². The summed E-state index contributed by atoms with van der Waals surface area (Å²) >= 11 is 3.27. The molecule has 0 atom stereocenters. The molecule has 0 radical (unpaired) electrons. The van der Waals surface area contributed by atoms with Crippen LogP contribution in [0.1, 0.15) is 0 Å². The SMILES string of the molecule is Fc1ccc(-c2ccc(OCCBr)cc2)cc1F. The summed E-state index contributed by atoms with van der Waals surface area (Å²) in [6, 6.07) is 11.1. The second-order valence-electron chi connectivity index (χ2n) is 3.69. The molecular weight excluding hydrogens is 302 g/mol. The first-order valence-corrected chi connectivity index (χ1v) is 6.57. The first kappa shape index (κ1) is 13.0. The van der Waals surface area contributed by atoms with E-state index in [0.29, 0.717) is 12.2 Å². The summed E-state index contributed by atoms with van der Waals surface area (Å²) in [5, 5.41) is 0.762. The third-order valence-corrected chi connectivity index (χ3v) is 2.78. The van der Waals surface area contributed by atoms with Gasteiger partial charge in [-0.05, 0) is 35.4 Å². The van der Waals surface area contributed by atoms with Crippen molar-refractivity contribution in [3.63, 3.8) is 0 Å². The summed E-state index contributed by atoms with van der Waals surface area (Å²) in [5.74, 6) is -0.927. The van der Waals surface area contributed by atoms with Crippen molar-refractivity contribution >= 4 is 15.9 Å². The zero-order chi connectivity index (χ0) is 13.0. The highest BCUT2D eigenvalue weighted by molar-refractivity contribution is 9.09. The quantitative estimate of drug-likeness (QED) is 0.760. The summed E-state index contributed by atoms with van der Waals surface area (Å²) in [6.45, 7) is 0.588. The molecule has 0 saturated carbocycles. The van der Waals surface area contributed by atoms with Gasteiger partial charge in [-0.25, -0.2) is 8.78 Å². The first-order chi connectivity index (χ1) is 8.70. The number of halogens is 3. The van der Waals surface area contributed by atoms with Crippen LogP contribution in [0.5, 0.6) is 5.75 Å². The molecule has 94 valence electrons. The van der Waals surface area contributed by atoms with Crippen molar-refractivity contribution in [2.75, 3.05) is 11.9 Å². The monoisotopic (exact) mass is 312 g/mol. The predicted octanol–water partition coefficient (Wildman–Crippen LogP) is 4.41. The summed E-state index contributed by atoms with van der Waals surface area (Å²) in [6.07, 6.45) is 0. The molecular formula is C14H11BrF2O. The van der Waals surface area contributed by atoms with Crippen molar-refractivity contribution < 1.29 is 13.5 Å². The second-order valence-corrected chi connectivity index (χ2v) is 4.48. The van der Waals surface area contributed by atoms with Crippen molar-refractivity contribution in [1.82, 2.24) is 0 Å². The fourth-order valence-electron chi connectivity index (χ4n) is 1.58. The van der Waals surface area contributed by atoms with Gasteiger partial charge in [-0.3, -0.25) is 0 Å². The van der Waals surface area contributed by atoms with Gasteiger partial charge >= 0.3 is 0 Å². The van der Waals surface area contributed by atoms with Crippen LogP contribution in [0.15, 0.2) is 42.5 Å². The Bertz CT molecular complexity index is 526. The number of ether oxygens (including phenoxy) is 1. The lowest BCUT2D eigenvalue weighted by Gasteiger charge is -2.06. The Morgan fingerprint density at radius 3 is 2.17 bits per heavy atom. The Morgan fingerprint density at radius 2 is 1.56 bits per heavy atom. The molecule has 0 N–H and O–H groups in total. The Labute approximate surface area is 113 Å². The number of rotatable bonds is 4. The lowest BCUT2D eigenvalue weighted by atomic mass is 10.1. The minimum Gasteiger partial charge on any atom is -0.493 e.